The smallest absolute Gasteiger partial charge is 0.238 e. The zero-order valence-electron chi connectivity index (χ0n) is 12.4. The number of amides is 1. The van der Waals surface area contributed by atoms with Crippen molar-refractivity contribution in [1.29, 1.82) is 0 Å². The van der Waals surface area contributed by atoms with Crippen LogP contribution in [0.1, 0.15) is 23.6 Å². The number of hydrazine groups is 1. The summed E-state index contributed by atoms with van der Waals surface area (Å²) in [5.41, 5.74) is 8.28. The molecule has 2 aromatic rings. The Labute approximate surface area is 145 Å². The van der Waals surface area contributed by atoms with Crippen LogP contribution in [0.4, 0.5) is 0 Å². The molecule has 2 unspecified atom stereocenters. The number of hydrogen-bond acceptors (Lipinski definition) is 3. The highest BCUT2D eigenvalue weighted by molar-refractivity contribution is 6.30. The highest BCUT2D eigenvalue weighted by Gasteiger charge is 2.29. The predicted octanol–water partition coefficient (Wildman–Crippen LogP) is 3.22. The maximum atomic E-state index is 12.3. The summed E-state index contributed by atoms with van der Waals surface area (Å²) >= 11 is 11.8. The van der Waals surface area contributed by atoms with Gasteiger partial charge < -0.3 is 5.32 Å². The molecule has 0 bridgehead atoms. The Bertz CT molecular complexity index is 690. The van der Waals surface area contributed by atoms with Crippen molar-refractivity contribution in [2.45, 2.75) is 25.0 Å². The summed E-state index contributed by atoms with van der Waals surface area (Å²) in [5.74, 6) is -0.0334. The van der Waals surface area contributed by atoms with Crippen LogP contribution in [0, 0.1) is 0 Å². The molecule has 1 fully saturated rings. The summed E-state index contributed by atoms with van der Waals surface area (Å²) in [6.07, 6.45) is 0.684. The van der Waals surface area contributed by atoms with E-state index in [0.717, 1.165) is 11.1 Å². The molecular formula is C17H17Cl2N3O. The lowest BCUT2D eigenvalue weighted by Gasteiger charge is -2.11. The topological polar surface area (TPSA) is 53.2 Å². The maximum absolute atomic E-state index is 12.3. The van der Waals surface area contributed by atoms with Crippen LogP contribution in [0.25, 0.3) is 0 Å². The van der Waals surface area contributed by atoms with Crippen molar-refractivity contribution in [2.24, 2.45) is 0 Å². The van der Waals surface area contributed by atoms with Gasteiger partial charge in [0.2, 0.25) is 5.91 Å². The summed E-state index contributed by atoms with van der Waals surface area (Å²) in [7, 11) is 0. The molecule has 23 heavy (non-hydrogen) atoms. The molecule has 0 aromatic heterocycles. The van der Waals surface area contributed by atoms with E-state index in [9.17, 15) is 4.79 Å². The van der Waals surface area contributed by atoms with Gasteiger partial charge in [0, 0.05) is 22.6 Å². The van der Waals surface area contributed by atoms with Crippen molar-refractivity contribution >= 4 is 29.1 Å². The third-order valence-electron chi connectivity index (χ3n) is 3.85. The summed E-state index contributed by atoms with van der Waals surface area (Å²) < 4.78 is 0. The third-order valence-corrected chi connectivity index (χ3v) is 4.33. The Morgan fingerprint density at radius 2 is 1.87 bits per heavy atom. The Kier molecular flexibility index (Phi) is 5.18. The second-order valence-corrected chi connectivity index (χ2v) is 6.40. The van der Waals surface area contributed by atoms with E-state index in [1.165, 1.54) is 0 Å². The molecule has 2 aromatic carbocycles. The zero-order chi connectivity index (χ0) is 16.2. The van der Waals surface area contributed by atoms with E-state index in [1.807, 2.05) is 48.5 Å². The van der Waals surface area contributed by atoms with E-state index < -0.39 is 0 Å². The van der Waals surface area contributed by atoms with Gasteiger partial charge in [-0.1, -0.05) is 47.5 Å². The Balaban J connectivity index is 1.54. The van der Waals surface area contributed by atoms with Crippen LogP contribution in [0.5, 0.6) is 0 Å². The standard InChI is InChI=1S/C17H17Cl2N3O/c18-13-6-4-12(5-7-13)15-9-16(22-21-15)17(23)20-10-11-2-1-3-14(19)8-11/h1-8,15-16,21-22H,9-10H2,(H,20,23). The first-order valence-electron chi connectivity index (χ1n) is 7.40. The van der Waals surface area contributed by atoms with E-state index >= 15 is 0 Å². The number of carbonyl (C=O) groups is 1. The molecule has 6 heteroatoms. The number of nitrogens with one attached hydrogen (secondary N) is 3. The predicted molar refractivity (Wildman–Crippen MR) is 92.2 cm³/mol. The lowest BCUT2D eigenvalue weighted by Crippen LogP contribution is -2.42. The number of halogens is 2. The second kappa shape index (κ2) is 7.32. The molecule has 0 radical (unpaired) electrons. The van der Waals surface area contributed by atoms with Crippen molar-refractivity contribution in [1.82, 2.24) is 16.2 Å². The van der Waals surface area contributed by atoms with Crippen molar-refractivity contribution in [2.75, 3.05) is 0 Å². The first-order valence-corrected chi connectivity index (χ1v) is 8.16. The van der Waals surface area contributed by atoms with E-state index in [1.54, 1.807) is 0 Å². The molecule has 0 spiro atoms. The molecule has 3 N–H and O–H groups in total. The van der Waals surface area contributed by atoms with Gasteiger partial charge in [-0.15, -0.1) is 0 Å². The highest BCUT2D eigenvalue weighted by Crippen LogP contribution is 2.23. The van der Waals surface area contributed by atoms with Crippen LogP contribution >= 0.6 is 23.2 Å². The molecule has 0 saturated carbocycles. The first kappa shape index (κ1) is 16.3. The first-order chi connectivity index (χ1) is 11.1. The fourth-order valence-electron chi connectivity index (χ4n) is 2.60. The zero-order valence-corrected chi connectivity index (χ0v) is 13.9. The van der Waals surface area contributed by atoms with Gasteiger partial charge in [-0.2, -0.15) is 0 Å². The minimum atomic E-state index is -0.269. The van der Waals surface area contributed by atoms with Crippen LogP contribution in [0.3, 0.4) is 0 Å². The van der Waals surface area contributed by atoms with E-state index in [2.05, 4.69) is 16.2 Å². The van der Waals surface area contributed by atoms with Gasteiger partial charge in [0.05, 0.1) is 0 Å². The van der Waals surface area contributed by atoms with Crippen molar-refractivity contribution in [3.8, 4) is 0 Å². The van der Waals surface area contributed by atoms with Gasteiger partial charge in [-0.3, -0.25) is 4.79 Å². The normalized spacial score (nSPS) is 20.4. The monoisotopic (exact) mass is 349 g/mol. The van der Waals surface area contributed by atoms with Crippen LogP contribution in [-0.2, 0) is 11.3 Å². The Hall–Kier alpha value is -1.59. The minimum absolute atomic E-state index is 0.0334. The number of rotatable bonds is 4. The molecule has 0 aliphatic carbocycles. The van der Waals surface area contributed by atoms with Crippen LogP contribution in [0.2, 0.25) is 10.0 Å². The lowest BCUT2D eigenvalue weighted by molar-refractivity contribution is -0.123. The number of benzene rings is 2. The Morgan fingerprint density at radius 3 is 2.61 bits per heavy atom. The molecule has 1 aliphatic heterocycles. The Morgan fingerprint density at radius 1 is 1.09 bits per heavy atom. The van der Waals surface area contributed by atoms with Crippen molar-refractivity contribution in [3.63, 3.8) is 0 Å². The SMILES string of the molecule is O=C(NCc1cccc(Cl)c1)C1CC(c2ccc(Cl)cc2)NN1. The van der Waals surface area contributed by atoms with Crippen LogP contribution in [0.15, 0.2) is 48.5 Å². The second-order valence-electron chi connectivity index (χ2n) is 5.53. The molecule has 1 heterocycles. The van der Waals surface area contributed by atoms with Gasteiger partial charge in [0.15, 0.2) is 0 Å². The van der Waals surface area contributed by atoms with Crippen LogP contribution < -0.4 is 16.2 Å². The fraction of sp³-hybridized carbons (Fsp3) is 0.235. The highest BCUT2D eigenvalue weighted by atomic mass is 35.5. The number of carbonyl (C=O) groups excluding carboxylic acids is 1. The average molecular weight is 350 g/mol. The quantitative estimate of drug-likeness (QED) is 0.794. The van der Waals surface area contributed by atoms with Crippen molar-refractivity contribution < 1.29 is 4.79 Å². The molecule has 3 rings (SSSR count). The third kappa shape index (κ3) is 4.24. The molecule has 1 saturated heterocycles. The summed E-state index contributed by atoms with van der Waals surface area (Å²) in [5, 5.41) is 4.30. The summed E-state index contributed by atoms with van der Waals surface area (Å²) in [6, 6.07) is 14.9. The summed E-state index contributed by atoms with van der Waals surface area (Å²) in [6.45, 7) is 0.461. The summed E-state index contributed by atoms with van der Waals surface area (Å²) in [4.78, 5) is 12.3. The molecule has 1 aliphatic rings. The van der Waals surface area contributed by atoms with Gasteiger partial charge in [0.25, 0.3) is 0 Å². The fourth-order valence-corrected chi connectivity index (χ4v) is 2.94. The molecule has 1 amide bonds. The van der Waals surface area contributed by atoms with E-state index in [0.29, 0.717) is 23.0 Å². The molecule has 4 nitrogen and oxygen atoms in total. The average Bonchev–Trinajstić information content (AvgIpc) is 3.03. The molecule has 2 atom stereocenters. The van der Waals surface area contributed by atoms with E-state index in [4.69, 9.17) is 23.2 Å². The van der Waals surface area contributed by atoms with Crippen molar-refractivity contribution in [3.05, 3.63) is 69.7 Å². The van der Waals surface area contributed by atoms with E-state index in [-0.39, 0.29) is 18.0 Å². The number of hydrogen-bond donors (Lipinski definition) is 3. The van der Waals surface area contributed by atoms with Crippen LogP contribution in [-0.4, -0.2) is 11.9 Å². The molecular weight excluding hydrogens is 333 g/mol. The van der Waals surface area contributed by atoms with Gasteiger partial charge >= 0.3 is 0 Å². The lowest BCUT2D eigenvalue weighted by atomic mass is 10.0. The van der Waals surface area contributed by atoms with Gasteiger partial charge in [-0.05, 0) is 41.8 Å². The minimum Gasteiger partial charge on any atom is -0.351 e. The van der Waals surface area contributed by atoms with Gasteiger partial charge in [-0.25, -0.2) is 10.9 Å². The maximum Gasteiger partial charge on any atom is 0.238 e. The largest absolute Gasteiger partial charge is 0.351 e. The van der Waals surface area contributed by atoms with Gasteiger partial charge in [0.1, 0.15) is 6.04 Å². The molecule has 120 valence electrons.